The topological polar surface area (TPSA) is 81.7 Å². The van der Waals surface area contributed by atoms with Crippen LogP contribution >= 0.6 is 22.9 Å². The Kier molecular flexibility index (Phi) is 5.27. The van der Waals surface area contributed by atoms with Gasteiger partial charge in [0.1, 0.15) is 5.00 Å². The summed E-state index contributed by atoms with van der Waals surface area (Å²) in [4.78, 5) is 27.2. The Morgan fingerprint density at radius 2 is 2.00 bits per heavy atom. The summed E-state index contributed by atoms with van der Waals surface area (Å²) in [5, 5.41) is 15.9. The lowest BCUT2D eigenvalue weighted by Crippen LogP contribution is -2.29. The maximum absolute atomic E-state index is 12.2. The lowest BCUT2D eigenvalue weighted by atomic mass is 10.0. The van der Waals surface area contributed by atoms with Crippen LogP contribution in [-0.2, 0) is 13.0 Å². The van der Waals surface area contributed by atoms with Crippen LogP contribution in [0.2, 0.25) is 5.02 Å². The first-order valence-corrected chi connectivity index (χ1v) is 9.11. The Morgan fingerprint density at radius 1 is 1.28 bits per heavy atom. The van der Waals surface area contributed by atoms with E-state index in [-0.39, 0.29) is 5.56 Å². The molecule has 0 saturated carbocycles. The third-order valence-corrected chi connectivity index (χ3v) is 5.51. The van der Waals surface area contributed by atoms with Crippen molar-refractivity contribution in [3.8, 4) is 0 Å². The number of hydrogen-bond donors (Lipinski definition) is 3. The van der Waals surface area contributed by atoms with Gasteiger partial charge in [-0.2, -0.15) is 0 Å². The lowest BCUT2D eigenvalue weighted by molar-refractivity contribution is 0.0696. The maximum atomic E-state index is 12.2. The number of halogens is 1. The number of carboxylic acid groups (broad SMARTS) is 1. The number of likely N-dealkylation sites (N-methyl/N-ethyl adjacent to an activating group) is 1. The molecule has 2 heterocycles. The van der Waals surface area contributed by atoms with E-state index in [4.69, 9.17) is 11.6 Å². The van der Waals surface area contributed by atoms with Gasteiger partial charge in [0, 0.05) is 28.7 Å². The normalized spacial score (nSPS) is 14.0. The van der Waals surface area contributed by atoms with Crippen molar-refractivity contribution in [3.63, 3.8) is 0 Å². The molecule has 6 nitrogen and oxygen atoms in total. The number of anilines is 2. The average Bonchev–Trinajstić information content (AvgIpc) is 2.93. The lowest BCUT2D eigenvalue weighted by Gasteiger charge is -2.25. The third-order valence-electron chi connectivity index (χ3n) is 4.13. The highest BCUT2D eigenvalue weighted by Gasteiger charge is 2.28. The number of carboxylic acids is 1. The van der Waals surface area contributed by atoms with Crippen molar-refractivity contribution < 1.29 is 14.7 Å². The molecule has 0 radical (unpaired) electrons. The standard InChI is InChI=1S/C17H18ClN3O3S/c1-2-21-8-7-12-13(9-21)25-15(14(12)16(22)23)20-17(24)19-11-5-3-10(18)4-6-11/h3-6H,2,7-9H2,1H3,(H,22,23)(H2,19,20,24). The second kappa shape index (κ2) is 7.43. The molecule has 1 aromatic heterocycles. The second-order valence-electron chi connectivity index (χ2n) is 5.72. The van der Waals surface area contributed by atoms with Gasteiger partial charge in [-0.3, -0.25) is 10.2 Å². The number of amides is 2. The number of nitrogens with zero attached hydrogens (tertiary/aromatic N) is 1. The van der Waals surface area contributed by atoms with Crippen LogP contribution in [0.15, 0.2) is 24.3 Å². The van der Waals surface area contributed by atoms with Crippen LogP contribution in [0.3, 0.4) is 0 Å². The molecule has 25 heavy (non-hydrogen) atoms. The van der Waals surface area contributed by atoms with E-state index in [1.54, 1.807) is 24.3 Å². The van der Waals surface area contributed by atoms with E-state index >= 15 is 0 Å². The predicted molar refractivity (Wildman–Crippen MR) is 100 cm³/mol. The molecule has 0 saturated heterocycles. The highest BCUT2D eigenvalue weighted by molar-refractivity contribution is 7.17. The first kappa shape index (κ1) is 17.7. The summed E-state index contributed by atoms with van der Waals surface area (Å²) in [5.41, 5.74) is 1.63. The van der Waals surface area contributed by atoms with Crippen LogP contribution in [0.5, 0.6) is 0 Å². The van der Waals surface area contributed by atoms with Gasteiger partial charge in [-0.1, -0.05) is 18.5 Å². The Morgan fingerprint density at radius 3 is 2.64 bits per heavy atom. The molecule has 1 aliphatic heterocycles. The molecule has 8 heteroatoms. The monoisotopic (exact) mass is 379 g/mol. The minimum Gasteiger partial charge on any atom is -0.478 e. The van der Waals surface area contributed by atoms with Crippen molar-refractivity contribution in [1.82, 2.24) is 4.90 Å². The minimum atomic E-state index is -1.01. The van der Waals surface area contributed by atoms with E-state index in [2.05, 4.69) is 22.5 Å². The van der Waals surface area contributed by atoms with Gasteiger partial charge in [0.25, 0.3) is 0 Å². The number of carbonyl (C=O) groups is 2. The zero-order valence-corrected chi connectivity index (χ0v) is 15.2. The van der Waals surface area contributed by atoms with Crippen molar-refractivity contribution in [2.24, 2.45) is 0 Å². The molecule has 0 unspecified atom stereocenters. The molecule has 1 aliphatic rings. The van der Waals surface area contributed by atoms with Gasteiger partial charge in [-0.05, 0) is 42.8 Å². The van der Waals surface area contributed by atoms with Crippen LogP contribution in [-0.4, -0.2) is 35.1 Å². The highest BCUT2D eigenvalue weighted by Crippen LogP contribution is 2.37. The number of fused-ring (bicyclic) bond motifs is 1. The zero-order chi connectivity index (χ0) is 18.0. The van der Waals surface area contributed by atoms with Gasteiger partial charge in [-0.15, -0.1) is 11.3 Å². The number of thiophene rings is 1. The maximum Gasteiger partial charge on any atom is 0.339 e. The minimum absolute atomic E-state index is 0.210. The zero-order valence-electron chi connectivity index (χ0n) is 13.6. The van der Waals surface area contributed by atoms with E-state index in [9.17, 15) is 14.7 Å². The number of urea groups is 1. The first-order valence-electron chi connectivity index (χ1n) is 7.91. The fraction of sp³-hybridized carbons (Fsp3) is 0.294. The molecule has 3 rings (SSSR count). The molecule has 1 aromatic carbocycles. The molecule has 0 atom stereocenters. The van der Waals surface area contributed by atoms with Crippen molar-refractivity contribution in [2.75, 3.05) is 23.7 Å². The van der Waals surface area contributed by atoms with Gasteiger partial charge in [-0.25, -0.2) is 9.59 Å². The molecular formula is C17H18ClN3O3S. The highest BCUT2D eigenvalue weighted by atomic mass is 35.5. The van der Waals surface area contributed by atoms with Gasteiger partial charge < -0.3 is 10.4 Å². The average molecular weight is 380 g/mol. The predicted octanol–water partition coefficient (Wildman–Crippen LogP) is 4.12. The molecule has 0 spiro atoms. The largest absolute Gasteiger partial charge is 0.478 e. The van der Waals surface area contributed by atoms with E-state index in [1.165, 1.54) is 11.3 Å². The number of benzene rings is 1. The quantitative estimate of drug-likeness (QED) is 0.746. The summed E-state index contributed by atoms with van der Waals surface area (Å²) in [5.74, 6) is -1.01. The van der Waals surface area contributed by atoms with E-state index in [0.717, 1.165) is 30.1 Å². The van der Waals surface area contributed by atoms with Gasteiger partial charge in [0.2, 0.25) is 0 Å². The Balaban J connectivity index is 1.79. The third kappa shape index (κ3) is 3.95. The van der Waals surface area contributed by atoms with Crippen molar-refractivity contribution in [2.45, 2.75) is 19.9 Å². The smallest absolute Gasteiger partial charge is 0.339 e. The molecule has 2 amide bonds. The molecule has 3 N–H and O–H groups in total. The number of aromatic carboxylic acids is 1. The molecule has 2 aromatic rings. The molecule has 132 valence electrons. The van der Waals surface area contributed by atoms with Crippen LogP contribution < -0.4 is 10.6 Å². The van der Waals surface area contributed by atoms with E-state index in [0.29, 0.717) is 22.1 Å². The van der Waals surface area contributed by atoms with Crippen LogP contribution in [0.25, 0.3) is 0 Å². The molecule has 0 fully saturated rings. The fourth-order valence-electron chi connectivity index (χ4n) is 2.84. The second-order valence-corrected chi connectivity index (χ2v) is 7.26. The van der Waals surface area contributed by atoms with E-state index < -0.39 is 12.0 Å². The number of hydrogen-bond acceptors (Lipinski definition) is 4. The van der Waals surface area contributed by atoms with Gasteiger partial charge in [0.15, 0.2) is 0 Å². The Bertz CT molecular complexity index is 804. The van der Waals surface area contributed by atoms with Crippen LogP contribution in [0.4, 0.5) is 15.5 Å². The summed E-state index contributed by atoms with van der Waals surface area (Å²) in [7, 11) is 0. The summed E-state index contributed by atoms with van der Waals surface area (Å²) < 4.78 is 0. The Labute approximate surface area is 154 Å². The van der Waals surface area contributed by atoms with E-state index in [1.807, 2.05) is 0 Å². The number of carbonyl (C=O) groups excluding carboxylic acids is 1. The summed E-state index contributed by atoms with van der Waals surface area (Å²) in [6.45, 7) is 4.54. The summed E-state index contributed by atoms with van der Waals surface area (Å²) in [6.07, 6.45) is 0.682. The van der Waals surface area contributed by atoms with Crippen molar-refractivity contribution in [1.29, 1.82) is 0 Å². The van der Waals surface area contributed by atoms with Crippen molar-refractivity contribution in [3.05, 3.63) is 45.3 Å². The van der Waals surface area contributed by atoms with Crippen LogP contribution in [0.1, 0.15) is 27.7 Å². The van der Waals surface area contributed by atoms with Gasteiger partial charge in [0.05, 0.1) is 5.56 Å². The number of rotatable bonds is 4. The van der Waals surface area contributed by atoms with Crippen molar-refractivity contribution >= 4 is 45.6 Å². The molecule has 0 aliphatic carbocycles. The Hall–Kier alpha value is -2.09. The first-order chi connectivity index (χ1) is 12.0. The molecular weight excluding hydrogens is 362 g/mol. The number of nitrogens with one attached hydrogen (secondary N) is 2. The summed E-state index contributed by atoms with van der Waals surface area (Å²) in [6, 6.07) is 6.22. The fourth-order valence-corrected chi connectivity index (χ4v) is 4.24. The summed E-state index contributed by atoms with van der Waals surface area (Å²) >= 11 is 7.15. The van der Waals surface area contributed by atoms with Crippen LogP contribution in [0, 0.1) is 0 Å². The SMILES string of the molecule is CCN1CCc2c(sc(NC(=O)Nc3ccc(Cl)cc3)c2C(=O)O)C1. The van der Waals surface area contributed by atoms with Gasteiger partial charge >= 0.3 is 12.0 Å². The molecule has 0 bridgehead atoms.